The lowest BCUT2D eigenvalue weighted by Gasteiger charge is -2.11. The fraction of sp³-hybridized carbons (Fsp3) is 0.0435. The minimum atomic E-state index is -4.49. The van der Waals surface area contributed by atoms with Gasteiger partial charge in [0, 0.05) is 0 Å². The summed E-state index contributed by atoms with van der Waals surface area (Å²) in [4.78, 5) is 0. The predicted molar refractivity (Wildman–Crippen MR) is 106 cm³/mol. The van der Waals surface area contributed by atoms with Crippen LogP contribution in [0, 0.1) is 0 Å². The second kappa shape index (κ2) is 8.05. The number of hydrogen-bond donors (Lipinski definition) is 2. The molecule has 2 nitrogen and oxygen atoms in total. The highest BCUT2D eigenvalue weighted by atomic mass is 19.4. The highest BCUT2D eigenvalue weighted by Crippen LogP contribution is 2.34. The second-order valence-electron chi connectivity index (χ2n) is 6.19. The smallest absolute Gasteiger partial charge is 0.417 e. The molecule has 0 aromatic heterocycles. The van der Waals surface area contributed by atoms with Crippen molar-refractivity contribution in [2.75, 3.05) is 0 Å². The summed E-state index contributed by atoms with van der Waals surface area (Å²) in [6.07, 6.45) is 1.76. The molecule has 0 saturated carbocycles. The first-order valence-electron chi connectivity index (χ1n) is 8.47. The average molecular weight is 382 g/mol. The molecule has 3 aromatic carbocycles. The third-order valence-electron chi connectivity index (χ3n) is 4.09. The number of phenols is 2. The number of benzene rings is 3. The van der Waals surface area contributed by atoms with Crippen LogP contribution in [-0.4, -0.2) is 10.2 Å². The Kier molecular flexibility index (Phi) is 5.54. The molecule has 0 radical (unpaired) electrons. The fourth-order valence-electron chi connectivity index (χ4n) is 2.62. The normalized spacial score (nSPS) is 12.1. The van der Waals surface area contributed by atoms with Crippen LogP contribution in [0.3, 0.4) is 0 Å². The molecule has 142 valence electrons. The van der Waals surface area contributed by atoms with E-state index in [1.165, 1.54) is 36.4 Å². The van der Waals surface area contributed by atoms with E-state index in [2.05, 4.69) is 0 Å². The molecule has 0 atom stereocenters. The van der Waals surface area contributed by atoms with Crippen LogP contribution >= 0.6 is 0 Å². The molecule has 5 heteroatoms. The van der Waals surface area contributed by atoms with Gasteiger partial charge in [-0.2, -0.15) is 13.2 Å². The summed E-state index contributed by atoms with van der Waals surface area (Å²) >= 11 is 0. The standard InChI is InChI=1S/C23H17F3O2/c24-23(25,26)22-15-18(2-1-16-5-11-20(27)12-6-16)4-10-19(22)9-3-17-7-13-21(28)14-8-17/h1-15,27-28H/b2-1+,9-3+. The lowest BCUT2D eigenvalue weighted by atomic mass is 10.0. The van der Waals surface area contributed by atoms with Crippen LogP contribution in [0.5, 0.6) is 11.5 Å². The number of hydrogen-bond acceptors (Lipinski definition) is 2. The van der Waals surface area contributed by atoms with Gasteiger partial charge in [0.15, 0.2) is 0 Å². The molecule has 0 saturated heterocycles. The topological polar surface area (TPSA) is 40.5 Å². The lowest BCUT2D eigenvalue weighted by Crippen LogP contribution is -2.07. The summed E-state index contributed by atoms with van der Waals surface area (Å²) in [5.74, 6) is 0.221. The third kappa shape index (κ3) is 5.04. The van der Waals surface area contributed by atoms with Gasteiger partial charge in [0.1, 0.15) is 11.5 Å². The Balaban J connectivity index is 1.89. The maximum Gasteiger partial charge on any atom is 0.417 e. The first kappa shape index (κ1) is 19.3. The van der Waals surface area contributed by atoms with E-state index >= 15 is 0 Å². The van der Waals surface area contributed by atoms with E-state index in [1.54, 1.807) is 48.6 Å². The molecule has 0 heterocycles. The molecule has 0 spiro atoms. The van der Waals surface area contributed by atoms with Crippen molar-refractivity contribution in [1.29, 1.82) is 0 Å². The molecule has 3 rings (SSSR count). The molecule has 3 aromatic rings. The van der Waals surface area contributed by atoms with Crippen LogP contribution in [0.1, 0.15) is 27.8 Å². The Morgan fingerprint density at radius 1 is 0.571 bits per heavy atom. The molecule has 0 aliphatic carbocycles. The van der Waals surface area contributed by atoms with Crippen molar-refractivity contribution in [2.24, 2.45) is 0 Å². The zero-order valence-corrected chi connectivity index (χ0v) is 14.7. The first-order chi connectivity index (χ1) is 13.3. The van der Waals surface area contributed by atoms with Crippen molar-refractivity contribution in [3.8, 4) is 11.5 Å². The molecule has 0 amide bonds. The van der Waals surface area contributed by atoms with Gasteiger partial charge in [0.05, 0.1) is 5.56 Å². The third-order valence-corrected chi connectivity index (χ3v) is 4.09. The Morgan fingerprint density at radius 2 is 1.00 bits per heavy atom. The summed E-state index contributed by atoms with van der Waals surface area (Å²) in [6.45, 7) is 0. The zero-order valence-electron chi connectivity index (χ0n) is 14.7. The van der Waals surface area contributed by atoms with Gasteiger partial charge < -0.3 is 10.2 Å². The summed E-state index contributed by atoms with van der Waals surface area (Å²) in [6, 6.07) is 16.7. The molecule has 0 unspecified atom stereocenters. The lowest BCUT2D eigenvalue weighted by molar-refractivity contribution is -0.137. The highest BCUT2D eigenvalue weighted by Gasteiger charge is 2.32. The summed E-state index contributed by atoms with van der Waals surface area (Å²) in [5.41, 5.74) is 1.20. The van der Waals surface area contributed by atoms with Crippen LogP contribution in [0.4, 0.5) is 13.2 Å². The summed E-state index contributed by atoms with van der Waals surface area (Å²) in [5, 5.41) is 18.6. The average Bonchev–Trinajstić information content (AvgIpc) is 2.67. The monoisotopic (exact) mass is 382 g/mol. The first-order valence-corrected chi connectivity index (χ1v) is 8.47. The van der Waals surface area contributed by atoms with Gasteiger partial charge in [-0.15, -0.1) is 0 Å². The van der Waals surface area contributed by atoms with Gasteiger partial charge in [0.2, 0.25) is 0 Å². The van der Waals surface area contributed by atoms with E-state index in [9.17, 15) is 23.4 Å². The second-order valence-corrected chi connectivity index (χ2v) is 6.19. The van der Waals surface area contributed by atoms with Gasteiger partial charge in [-0.3, -0.25) is 0 Å². The molecule has 0 bridgehead atoms. The Hall–Kier alpha value is -3.47. The SMILES string of the molecule is Oc1ccc(/C=C/c2ccc(/C=C/c3ccc(O)cc3)c(C(F)(F)F)c2)cc1. The molecule has 28 heavy (non-hydrogen) atoms. The van der Waals surface area contributed by atoms with E-state index < -0.39 is 11.7 Å². The molecule has 0 aliphatic heterocycles. The predicted octanol–water partition coefficient (Wildman–Crippen LogP) is 6.46. The number of halogens is 3. The van der Waals surface area contributed by atoms with Crippen molar-refractivity contribution in [2.45, 2.75) is 6.18 Å². The highest BCUT2D eigenvalue weighted by molar-refractivity contribution is 5.75. The van der Waals surface area contributed by atoms with Gasteiger partial charge in [-0.05, 0) is 52.6 Å². The molecular weight excluding hydrogens is 365 g/mol. The molecular formula is C23H17F3O2. The fourth-order valence-corrected chi connectivity index (χ4v) is 2.62. The maximum absolute atomic E-state index is 13.5. The molecule has 0 aliphatic rings. The van der Waals surface area contributed by atoms with Gasteiger partial charge in [-0.25, -0.2) is 0 Å². The number of rotatable bonds is 4. The summed E-state index contributed by atoms with van der Waals surface area (Å²) in [7, 11) is 0. The Morgan fingerprint density at radius 3 is 1.50 bits per heavy atom. The quantitative estimate of drug-likeness (QED) is 0.509. The maximum atomic E-state index is 13.5. The van der Waals surface area contributed by atoms with E-state index in [4.69, 9.17) is 0 Å². The van der Waals surface area contributed by atoms with E-state index in [-0.39, 0.29) is 17.1 Å². The zero-order chi connectivity index (χ0) is 20.1. The van der Waals surface area contributed by atoms with Gasteiger partial charge >= 0.3 is 6.18 Å². The van der Waals surface area contributed by atoms with Crippen LogP contribution in [0.2, 0.25) is 0 Å². The van der Waals surface area contributed by atoms with E-state index in [0.29, 0.717) is 11.1 Å². The van der Waals surface area contributed by atoms with Crippen molar-refractivity contribution in [3.63, 3.8) is 0 Å². The van der Waals surface area contributed by atoms with Crippen LogP contribution in [0.25, 0.3) is 24.3 Å². The minimum Gasteiger partial charge on any atom is -0.508 e. The Labute approximate surface area is 160 Å². The van der Waals surface area contributed by atoms with Gasteiger partial charge in [0.25, 0.3) is 0 Å². The molecule has 0 fully saturated rings. The number of aromatic hydroxyl groups is 2. The minimum absolute atomic E-state index is 0.0577. The van der Waals surface area contributed by atoms with Crippen molar-refractivity contribution in [3.05, 3.63) is 94.5 Å². The number of phenolic OH excluding ortho intramolecular Hbond substituents is 2. The van der Waals surface area contributed by atoms with E-state index in [1.807, 2.05) is 0 Å². The van der Waals surface area contributed by atoms with Crippen molar-refractivity contribution < 1.29 is 23.4 Å². The van der Waals surface area contributed by atoms with Crippen LogP contribution < -0.4 is 0 Å². The van der Waals surface area contributed by atoms with E-state index in [0.717, 1.165) is 11.6 Å². The summed E-state index contributed by atoms with van der Waals surface area (Å²) < 4.78 is 40.5. The van der Waals surface area contributed by atoms with Crippen LogP contribution in [0.15, 0.2) is 66.7 Å². The van der Waals surface area contributed by atoms with Crippen molar-refractivity contribution in [1.82, 2.24) is 0 Å². The van der Waals surface area contributed by atoms with Crippen LogP contribution in [-0.2, 0) is 6.18 Å². The Bertz CT molecular complexity index is 1000. The number of alkyl halides is 3. The molecule has 2 N–H and O–H groups in total. The van der Waals surface area contributed by atoms with Gasteiger partial charge in [-0.1, -0.05) is 60.7 Å². The van der Waals surface area contributed by atoms with Crippen molar-refractivity contribution >= 4 is 24.3 Å². The largest absolute Gasteiger partial charge is 0.508 e.